The van der Waals surface area contributed by atoms with Crippen LogP contribution in [0.3, 0.4) is 0 Å². The summed E-state index contributed by atoms with van der Waals surface area (Å²) in [5, 5.41) is 6.36. The third kappa shape index (κ3) is 10.2. The van der Waals surface area contributed by atoms with E-state index < -0.39 is 32.1 Å². The number of alkyl halides is 3. The lowest BCUT2D eigenvalue weighted by Crippen LogP contribution is -2.29. The highest BCUT2D eigenvalue weighted by molar-refractivity contribution is 7.92. The maximum absolute atomic E-state index is 12.5. The van der Waals surface area contributed by atoms with E-state index in [1.165, 1.54) is 27.0 Å². The highest BCUT2D eigenvalue weighted by Crippen LogP contribution is 2.30. The molecule has 0 amide bonds. The summed E-state index contributed by atoms with van der Waals surface area (Å²) in [5.41, 5.74) is 8.69. The van der Waals surface area contributed by atoms with Gasteiger partial charge in [0.05, 0.1) is 43.5 Å². The van der Waals surface area contributed by atoms with Gasteiger partial charge in [0.1, 0.15) is 0 Å². The summed E-state index contributed by atoms with van der Waals surface area (Å²) in [7, 11) is -6.92. The number of hydrogen-bond acceptors (Lipinski definition) is 9. The largest absolute Gasteiger partial charge is 0.470 e. The second-order valence-corrected chi connectivity index (χ2v) is 14.5. The third-order valence-electron chi connectivity index (χ3n) is 6.87. The predicted octanol–water partition coefficient (Wildman–Crippen LogP) is 5.52. The van der Waals surface area contributed by atoms with E-state index in [0.29, 0.717) is 28.1 Å². The molecule has 0 aliphatic heterocycles. The molecule has 2 N–H and O–H groups in total. The zero-order valence-electron chi connectivity index (χ0n) is 26.3. The lowest BCUT2D eigenvalue weighted by atomic mass is 10.1. The van der Waals surface area contributed by atoms with Gasteiger partial charge in [-0.15, -0.1) is 10.2 Å². The Hall–Kier alpha value is -5.06. The minimum absolute atomic E-state index is 0.0428. The van der Waals surface area contributed by atoms with Crippen LogP contribution in [0.5, 0.6) is 0 Å². The summed E-state index contributed by atoms with van der Waals surface area (Å²) in [6, 6.07) is 30.4. The van der Waals surface area contributed by atoms with Crippen LogP contribution in [0.4, 0.5) is 24.5 Å². The minimum Gasteiger partial charge on any atom is -0.413 e. The van der Waals surface area contributed by atoms with Crippen molar-refractivity contribution in [1.29, 1.82) is 0 Å². The lowest BCUT2D eigenvalue weighted by molar-refractivity contribution is -0.156. The average molecular weight is 716 g/mol. The van der Waals surface area contributed by atoms with E-state index in [2.05, 4.69) is 14.6 Å². The van der Waals surface area contributed by atoms with Gasteiger partial charge in [0.15, 0.2) is 5.78 Å². The van der Waals surface area contributed by atoms with E-state index in [0.717, 1.165) is 11.8 Å². The number of rotatable bonds is 11. The maximum Gasteiger partial charge on any atom is 0.470 e. The topological polar surface area (TPSA) is 157 Å². The molecule has 0 atom stereocenters. The van der Waals surface area contributed by atoms with E-state index in [1.807, 2.05) is 6.07 Å². The van der Waals surface area contributed by atoms with Crippen molar-refractivity contribution < 1.29 is 39.2 Å². The number of sulfonamides is 2. The first-order valence-electron chi connectivity index (χ1n) is 14.4. The molecule has 0 aliphatic carbocycles. The van der Waals surface area contributed by atoms with Crippen molar-refractivity contribution in [2.24, 2.45) is 5.73 Å². The van der Waals surface area contributed by atoms with Crippen LogP contribution in [-0.4, -0.2) is 51.9 Å². The van der Waals surface area contributed by atoms with Gasteiger partial charge in [0.2, 0.25) is 25.9 Å². The van der Waals surface area contributed by atoms with Crippen molar-refractivity contribution in [3.05, 3.63) is 132 Å². The van der Waals surface area contributed by atoms with Gasteiger partial charge in [-0.05, 0) is 47.5 Å². The molecule has 0 unspecified atom stereocenters. The highest BCUT2D eigenvalue weighted by Gasteiger charge is 2.38. The van der Waals surface area contributed by atoms with Crippen LogP contribution in [0.1, 0.15) is 27.4 Å². The van der Waals surface area contributed by atoms with Gasteiger partial charge >= 0.3 is 12.1 Å². The summed E-state index contributed by atoms with van der Waals surface area (Å²) in [4.78, 5) is 11.5. The number of Topliss-reactive ketones (excluding diaryl/α,β-unsaturated/α-hetero) is 1. The Bertz CT molecular complexity index is 2060. The van der Waals surface area contributed by atoms with Crippen molar-refractivity contribution in [1.82, 2.24) is 10.2 Å². The molecule has 11 nitrogen and oxygen atoms in total. The van der Waals surface area contributed by atoms with E-state index in [-0.39, 0.29) is 31.3 Å². The van der Waals surface area contributed by atoms with Crippen LogP contribution >= 0.6 is 0 Å². The first-order valence-corrected chi connectivity index (χ1v) is 18.1. The lowest BCUT2D eigenvalue weighted by Gasteiger charge is -2.22. The summed E-state index contributed by atoms with van der Waals surface area (Å²) in [6.07, 6.45) is -2.44. The quantitative estimate of drug-likeness (QED) is 0.174. The van der Waals surface area contributed by atoms with Gasteiger partial charge in [-0.25, -0.2) is 16.8 Å². The molecule has 5 rings (SSSR count). The molecule has 5 aromatic rings. The molecule has 16 heteroatoms. The maximum atomic E-state index is 12.5. The predicted molar refractivity (Wildman–Crippen MR) is 180 cm³/mol. The number of carbonyl (C=O) groups excluding carboxylic acids is 1. The molecular weight excluding hydrogens is 684 g/mol. The molecule has 0 bridgehead atoms. The number of ketones is 1. The van der Waals surface area contributed by atoms with Crippen LogP contribution in [0.2, 0.25) is 0 Å². The van der Waals surface area contributed by atoms with Crippen molar-refractivity contribution in [3.8, 4) is 11.5 Å². The normalized spacial score (nSPS) is 11.7. The Labute approximate surface area is 281 Å². The van der Waals surface area contributed by atoms with Gasteiger partial charge in [0, 0.05) is 11.1 Å². The number of para-hydroxylation sites is 2. The standard InChI is InChI=1S/C17H14F3N3O3S.C16H18N2O3S/c1-27(24,25)23(14-5-3-2-4-6-14)11-12-7-9-13(10-8-12)15-21-22-16(26-15)17(18,19)20;1-22(20,21)18(15-5-3-2-4-6-15)12-13-7-9-14(10-8-13)16(19)11-17/h2-10H,11H2,1H3;2-10H,11-12,17H2,1H3. The van der Waals surface area contributed by atoms with Crippen molar-refractivity contribution >= 4 is 37.2 Å². The summed E-state index contributed by atoms with van der Waals surface area (Å²) < 4.78 is 93.0. The molecule has 0 spiro atoms. The number of anilines is 2. The van der Waals surface area contributed by atoms with Gasteiger partial charge < -0.3 is 10.2 Å². The number of nitrogens with zero attached hydrogens (tertiary/aromatic N) is 4. The van der Waals surface area contributed by atoms with Crippen LogP contribution in [0.25, 0.3) is 11.5 Å². The smallest absolute Gasteiger partial charge is 0.413 e. The summed E-state index contributed by atoms with van der Waals surface area (Å²) >= 11 is 0. The monoisotopic (exact) mass is 715 g/mol. The Balaban J connectivity index is 0.000000226. The van der Waals surface area contributed by atoms with Gasteiger partial charge in [-0.2, -0.15) is 13.2 Å². The van der Waals surface area contributed by atoms with Gasteiger partial charge in [-0.3, -0.25) is 13.4 Å². The first kappa shape index (κ1) is 36.8. The highest BCUT2D eigenvalue weighted by atomic mass is 32.2. The Kier molecular flexibility index (Phi) is 11.6. The zero-order valence-corrected chi connectivity index (χ0v) is 27.9. The molecular formula is C33H32F3N5O6S2. The number of benzene rings is 4. The SMILES string of the molecule is CS(=O)(=O)N(Cc1ccc(-c2nnc(C(F)(F)F)o2)cc1)c1ccccc1.CS(=O)(=O)N(Cc1ccc(C(=O)CN)cc1)c1ccccc1. The van der Waals surface area contributed by atoms with Crippen LogP contribution in [0, 0.1) is 0 Å². The third-order valence-corrected chi connectivity index (χ3v) is 9.15. The molecule has 49 heavy (non-hydrogen) atoms. The molecule has 258 valence electrons. The van der Waals surface area contributed by atoms with Crippen LogP contribution in [0.15, 0.2) is 114 Å². The fraction of sp³-hybridized carbons (Fsp3) is 0.182. The van der Waals surface area contributed by atoms with E-state index in [1.54, 1.807) is 91.0 Å². The van der Waals surface area contributed by atoms with Crippen molar-refractivity contribution in [3.63, 3.8) is 0 Å². The Morgan fingerprint density at radius 3 is 1.49 bits per heavy atom. The molecule has 0 radical (unpaired) electrons. The number of carbonyl (C=O) groups is 1. The van der Waals surface area contributed by atoms with E-state index in [9.17, 15) is 34.8 Å². The fourth-order valence-corrected chi connectivity index (χ4v) is 6.22. The number of nitrogens with two attached hydrogens (primary N) is 1. The van der Waals surface area contributed by atoms with Gasteiger partial charge in [-0.1, -0.05) is 72.8 Å². The fourth-order valence-electron chi connectivity index (χ4n) is 4.44. The number of aromatic nitrogens is 2. The number of halogens is 3. The molecule has 0 saturated heterocycles. The first-order chi connectivity index (χ1) is 23.1. The average Bonchev–Trinajstić information content (AvgIpc) is 3.58. The molecule has 0 fully saturated rings. The van der Waals surface area contributed by atoms with Crippen LogP contribution in [-0.2, 0) is 39.3 Å². The summed E-state index contributed by atoms with van der Waals surface area (Å²) in [6.45, 7) is 0.236. The molecule has 4 aromatic carbocycles. The van der Waals surface area contributed by atoms with E-state index >= 15 is 0 Å². The van der Waals surface area contributed by atoms with E-state index in [4.69, 9.17) is 5.73 Å². The zero-order chi connectivity index (χ0) is 35.8. The second kappa shape index (κ2) is 15.4. The Morgan fingerprint density at radius 2 is 1.12 bits per heavy atom. The number of hydrogen-bond donors (Lipinski definition) is 1. The van der Waals surface area contributed by atoms with Crippen LogP contribution < -0.4 is 14.3 Å². The van der Waals surface area contributed by atoms with Gasteiger partial charge in [0.25, 0.3) is 0 Å². The van der Waals surface area contributed by atoms with Crippen molar-refractivity contribution in [2.45, 2.75) is 19.3 Å². The second-order valence-electron chi connectivity index (χ2n) is 10.6. The molecule has 0 aliphatic rings. The minimum atomic E-state index is -4.71. The Morgan fingerprint density at radius 1 is 0.694 bits per heavy atom. The van der Waals surface area contributed by atoms with Crippen molar-refractivity contribution in [2.75, 3.05) is 27.7 Å². The molecule has 1 aromatic heterocycles. The summed E-state index contributed by atoms with van der Waals surface area (Å²) in [5.74, 6) is -1.83. The molecule has 1 heterocycles. The molecule has 0 saturated carbocycles.